The van der Waals surface area contributed by atoms with Gasteiger partial charge in [0.05, 0.1) is 20.3 Å². The van der Waals surface area contributed by atoms with Gasteiger partial charge in [-0.2, -0.15) is 0 Å². The highest BCUT2D eigenvalue weighted by Gasteiger charge is 2.29. The molecular weight excluding hydrogens is 368 g/mol. The molecule has 1 aromatic heterocycles. The van der Waals surface area contributed by atoms with Crippen molar-refractivity contribution in [2.24, 2.45) is 5.92 Å². The van der Waals surface area contributed by atoms with Crippen molar-refractivity contribution in [2.45, 2.75) is 39.3 Å². The molecule has 2 heterocycles. The third-order valence-corrected chi connectivity index (χ3v) is 5.59. The molecule has 1 unspecified atom stereocenters. The molecule has 1 saturated heterocycles. The Bertz CT molecular complexity index is 770. The maximum absolute atomic E-state index is 5.42. The summed E-state index contributed by atoms with van der Waals surface area (Å²) in [5.41, 5.74) is 1.17. The molecule has 1 aliphatic heterocycles. The Morgan fingerprint density at radius 1 is 1.03 bits per heavy atom. The van der Waals surface area contributed by atoms with E-state index in [1.807, 2.05) is 16.8 Å². The van der Waals surface area contributed by atoms with Gasteiger partial charge in [0.1, 0.15) is 0 Å². The van der Waals surface area contributed by atoms with Gasteiger partial charge in [-0.15, -0.1) is 5.10 Å². The van der Waals surface area contributed by atoms with Crippen LogP contribution in [0.5, 0.6) is 11.5 Å². The van der Waals surface area contributed by atoms with Crippen molar-refractivity contribution in [2.75, 3.05) is 47.4 Å². The molecule has 0 bridgehead atoms. The molecular formula is C21H34N6O2. The zero-order valence-corrected chi connectivity index (χ0v) is 18.3. The Balaban J connectivity index is 1.74. The summed E-state index contributed by atoms with van der Waals surface area (Å²) in [6, 6.07) is 6.29. The summed E-state index contributed by atoms with van der Waals surface area (Å²) in [5.74, 6) is 3.04. The second kappa shape index (κ2) is 10.0. The molecule has 2 aromatic rings. The summed E-state index contributed by atoms with van der Waals surface area (Å²) < 4.78 is 12.7. The van der Waals surface area contributed by atoms with Gasteiger partial charge in [-0.25, -0.2) is 4.68 Å². The van der Waals surface area contributed by atoms with Crippen LogP contribution in [0.3, 0.4) is 0 Å². The zero-order chi connectivity index (χ0) is 20.8. The van der Waals surface area contributed by atoms with Gasteiger partial charge in [0.25, 0.3) is 0 Å². The van der Waals surface area contributed by atoms with Crippen molar-refractivity contribution in [3.8, 4) is 11.5 Å². The van der Waals surface area contributed by atoms with Crippen LogP contribution in [0.2, 0.25) is 0 Å². The highest BCUT2D eigenvalue weighted by atomic mass is 16.5. The van der Waals surface area contributed by atoms with E-state index >= 15 is 0 Å². The number of methoxy groups -OCH3 is 2. The molecule has 8 heteroatoms. The molecule has 29 heavy (non-hydrogen) atoms. The quantitative estimate of drug-likeness (QED) is 0.637. The minimum absolute atomic E-state index is 0.254. The fourth-order valence-electron chi connectivity index (χ4n) is 3.88. The second-order valence-electron chi connectivity index (χ2n) is 8.18. The molecule has 1 aromatic carbocycles. The van der Waals surface area contributed by atoms with E-state index in [4.69, 9.17) is 9.47 Å². The first-order valence-corrected chi connectivity index (χ1v) is 10.4. The maximum atomic E-state index is 5.42. The lowest BCUT2D eigenvalue weighted by Gasteiger charge is -2.38. The van der Waals surface area contributed by atoms with E-state index in [-0.39, 0.29) is 6.04 Å². The highest BCUT2D eigenvalue weighted by Crippen LogP contribution is 2.29. The summed E-state index contributed by atoms with van der Waals surface area (Å²) in [6.07, 6.45) is 1.88. The van der Waals surface area contributed by atoms with Crippen LogP contribution in [0.15, 0.2) is 18.2 Å². The van der Waals surface area contributed by atoms with Crippen LogP contribution < -0.4 is 9.47 Å². The lowest BCUT2D eigenvalue weighted by molar-refractivity contribution is 0.0931. The molecule has 1 fully saturated rings. The largest absolute Gasteiger partial charge is 0.493 e. The van der Waals surface area contributed by atoms with Crippen LogP contribution >= 0.6 is 0 Å². The number of rotatable bonds is 9. The van der Waals surface area contributed by atoms with Crippen LogP contribution in [0.4, 0.5) is 0 Å². The average molecular weight is 403 g/mol. The monoisotopic (exact) mass is 402 g/mol. The van der Waals surface area contributed by atoms with Gasteiger partial charge in [0, 0.05) is 32.7 Å². The van der Waals surface area contributed by atoms with Crippen LogP contribution in [0.1, 0.15) is 37.7 Å². The van der Waals surface area contributed by atoms with E-state index in [9.17, 15) is 0 Å². The summed E-state index contributed by atoms with van der Waals surface area (Å²) in [4.78, 5) is 4.92. The summed E-state index contributed by atoms with van der Waals surface area (Å²) >= 11 is 0. The van der Waals surface area contributed by atoms with Crippen molar-refractivity contribution in [3.05, 3.63) is 29.6 Å². The number of benzene rings is 1. The van der Waals surface area contributed by atoms with E-state index in [0.717, 1.165) is 62.9 Å². The SMILES string of the molecule is COc1ccc(CCn2nnnc2C(CC(C)C)N2CCN(C)CC2)cc1OC. The predicted octanol–water partition coefficient (Wildman–Crippen LogP) is 2.27. The number of aromatic nitrogens is 4. The van der Waals surface area contributed by atoms with Crippen molar-refractivity contribution in [1.82, 2.24) is 30.0 Å². The van der Waals surface area contributed by atoms with Gasteiger partial charge in [0.15, 0.2) is 17.3 Å². The normalized spacial score (nSPS) is 16.9. The van der Waals surface area contributed by atoms with Crippen molar-refractivity contribution in [3.63, 3.8) is 0 Å². The molecule has 0 amide bonds. The maximum Gasteiger partial charge on any atom is 0.168 e. The number of piperazine rings is 1. The summed E-state index contributed by atoms with van der Waals surface area (Å²) in [5, 5.41) is 12.8. The Kier molecular flexibility index (Phi) is 7.44. The zero-order valence-electron chi connectivity index (χ0n) is 18.3. The first-order valence-electron chi connectivity index (χ1n) is 10.4. The van der Waals surface area contributed by atoms with Crippen LogP contribution in [-0.2, 0) is 13.0 Å². The van der Waals surface area contributed by atoms with Crippen LogP contribution in [0.25, 0.3) is 0 Å². The third kappa shape index (κ3) is 5.45. The van der Waals surface area contributed by atoms with Gasteiger partial charge in [-0.1, -0.05) is 19.9 Å². The Morgan fingerprint density at radius 3 is 2.41 bits per heavy atom. The fourth-order valence-corrected chi connectivity index (χ4v) is 3.88. The van der Waals surface area contributed by atoms with E-state index in [2.05, 4.69) is 52.3 Å². The molecule has 0 N–H and O–H groups in total. The van der Waals surface area contributed by atoms with E-state index < -0.39 is 0 Å². The van der Waals surface area contributed by atoms with Crippen molar-refractivity contribution < 1.29 is 9.47 Å². The second-order valence-corrected chi connectivity index (χ2v) is 8.18. The van der Waals surface area contributed by atoms with E-state index in [0.29, 0.717) is 5.92 Å². The lowest BCUT2D eigenvalue weighted by atomic mass is 10.0. The first kappa shape index (κ1) is 21.5. The van der Waals surface area contributed by atoms with Gasteiger partial charge >= 0.3 is 0 Å². The number of hydrogen-bond donors (Lipinski definition) is 0. The number of aryl methyl sites for hydroxylation is 2. The highest BCUT2D eigenvalue weighted by molar-refractivity contribution is 5.42. The summed E-state index contributed by atoms with van der Waals surface area (Å²) in [7, 11) is 5.49. The molecule has 1 atom stereocenters. The fraction of sp³-hybridized carbons (Fsp3) is 0.667. The van der Waals surface area contributed by atoms with Crippen LogP contribution in [0, 0.1) is 5.92 Å². The van der Waals surface area contributed by atoms with E-state index in [1.165, 1.54) is 5.56 Å². The Hall–Kier alpha value is -2.19. The number of ether oxygens (including phenoxy) is 2. The van der Waals surface area contributed by atoms with Crippen LogP contribution in [-0.4, -0.2) is 77.5 Å². The topological polar surface area (TPSA) is 68.5 Å². The molecule has 8 nitrogen and oxygen atoms in total. The smallest absolute Gasteiger partial charge is 0.168 e. The molecule has 1 aliphatic rings. The Morgan fingerprint density at radius 2 is 1.76 bits per heavy atom. The first-order chi connectivity index (χ1) is 14.0. The molecule has 3 rings (SSSR count). The average Bonchev–Trinajstić information content (AvgIpc) is 3.19. The molecule has 160 valence electrons. The number of likely N-dealkylation sites (N-methyl/N-ethyl adjacent to an activating group) is 1. The minimum atomic E-state index is 0.254. The number of nitrogens with zero attached hydrogens (tertiary/aromatic N) is 6. The molecule has 0 radical (unpaired) electrons. The van der Waals surface area contributed by atoms with Gasteiger partial charge < -0.3 is 14.4 Å². The van der Waals surface area contributed by atoms with Gasteiger partial charge in [-0.05, 0) is 53.9 Å². The number of tetrazole rings is 1. The molecule has 0 spiro atoms. The third-order valence-electron chi connectivity index (χ3n) is 5.59. The van der Waals surface area contributed by atoms with Crippen molar-refractivity contribution >= 4 is 0 Å². The lowest BCUT2D eigenvalue weighted by Crippen LogP contribution is -2.46. The van der Waals surface area contributed by atoms with Gasteiger partial charge in [-0.3, -0.25) is 4.90 Å². The summed E-state index contributed by atoms with van der Waals surface area (Å²) in [6.45, 7) is 9.54. The van der Waals surface area contributed by atoms with Gasteiger partial charge in [0.2, 0.25) is 0 Å². The van der Waals surface area contributed by atoms with E-state index in [1.54, 1.807) is 14.2 Å². The standard InChI is InChI=1S/C21H34N6O2/c1-16(2)14-18(26-12-10-25(3)11-13-26)21-22-23-24-27(21)9-8-17-6-7-19(28-4)20(15-17)29-5/h6-7,15-16,18H,8-14H2,1-5H3. The Labute approximate surface area is 173 Å². The minimum Gasteiger partial charge on any atom is -0.493 e. The predicted molar refractivity (Wildman–Crippen MR) is 112 cm³/mol. The van der Waals surface area contributed by atoms with Crippen molar-refractivity contribution in [1.29, 1.82) is 0 Å². The molecule has 0 aliphatic carbocycles. The number of hydrogen-bond acceptors (Lipinski definition) is 7. The molecule has 0 saturated carbocycles.